The molecule has 1 saturated heterocycles. The van der Waals surface area contributed by atoms with E-state index in [1.165, 1.54) is 61.6 Å². The molecule has 0 bridgehead atoms. The van der Waals surface area contributed by atoms with Gasteiger partial charge in [0.1, 0.15) is 0 Å². The zero-order valence-electron chi connectivity index (χ0n) is 11.3. The van der Waals surface area contributed by atoms with Crippen molar-refractivity contribution in [3.8, 4) is 0 Å². The zero-order chi connectivity index (χ0) is 12.4. The van der Waals surface area contributed by atoms with Crippen molar-refractivity contribution in [3.05, 3.63) is 0 Å². The first-order chi connectivity index (χ1) is 8.81. The average molecular weight is 284 g/mol. The van der Waals surface area contributed by atoms with Gasteiger partial charge in [0.05, 0.1) is 6.04 Å². The number of amidine groups is 1. The van der Waals surface area contributed by atoms with Crippen LogP contribution in [0.2, 0.25) is 0 Å². The summed E-state index contributed by atoms with van der Waals surface area (Å²) in [6, 6.07) is 0.585. The second kappa shape index (κ2) is 5.66. The van der Waals surface area contributed by atoms with Crippen LogP contribution in [-0.4, -0.2) is 33.5 Å². The molecule has 3 fully saturated rings. The Labute approximate surface area is 119 Å². The summed E-state index contributed by atoms with van der Waals surface area (Å²) < 4.78 is 0. The van der Waals surface area contributed by atoms with E-state index in [9.17, 15) is 0 Å². The first-order valence-electron chi connectivity index (χ1n) is 7.42. The van der Waals surface area contributed by atoms with Gasteiger partial charge in [-0.2, -0.15) is 11.8 Å². The summed E-state index contributed by atoms with van der Waals surface area (Å²) in [7, 11) is 0. The number of hydrogen-bond donors (Lipinski definition) is 1. The largest absolute Gasteiger partial charge is 0.359 e. The number of thioether (sulfide) groups is 2. The van der Waals surface area contributed by atoms with Crippen LogP contribution >= 0.6 is 23.5 Å². The number of hydrogen-bond acceptors (Lipinski definition) is 3. The molecule has 18 heavy (non-hydrogen) atoms. The molecule has 3 aliphatic rings. The molecular formula is C14H24N2S2. The minimum atomic E-state index is 0.426. The maximum Gasteiger partial charge on any atom is 0.157 e. The van der Waals surface area contributed by atoms with Crippen molar-refractivity contribution in [3.63, 3.8) is 0 Å². The normalized spacial score (nSPS) is 36.6. The van der Waals surface area contributed by atoms with Crippen molar-refractivity contribution in [1.82, 2.24) is 5.32 Å². The molecule has 1 N–H and O–H groups in total. The summed E-state index contributed by atoms with van der Waals surface area (Å²) in [6.07, 6.45) is 9.56. The summed E-state index contributed by atoms with van der Waals surface area (Å²) in [5, 5.41) is 5.80. The smallest absolute Gasteiger partial charge is 0.157 e. The Morgan fingerprint density at radius 1 is 1.33 bits per heavy atom. The van der Waals surface area contributed by atoms with Gasteiger partial charge in [0, 0.05) is 16.5 Å². The van der Waals surface area contributed by atoms with Crippen LogP contribution in [0.25, 0.3) is 0 Å². The molecular weight excluding hydrogens is 260 g/mol. The van der Waals surface area contributed by atoms with Gasteiger partial charge in [0.15, 0.2) is 5.17 Å². The van der Waals surface area contributed by atoms with Gasteiger partial charge in [-0.15, -0.1) is 0 Å². The Morgan fingerprint density at radius 2 is 2.17 bits per heavy atom. The summed E-state index contributed by atoms with van der Waals surface area (Å²) in [4.78, 5) is 5.04. The van der Waals surface area contributed by atoms with E-state index < -0.39 is 0 Å². The van der Waals surface area contributed by atoms with E-state index >= 15 is 0 Å². The monoisotopic (exact) mass is 284 g/mol. The van der Waals surface area contributed by atoms with Crippen LogP contribution in [0.1, 0.15) is 51.9 Å². The van der Waals surface area contributed by atoms with Crippen LogP contribution in [0, 0.1) is 0 Å². The van der Waals surface area contributed by atoms with Crippen LogP contribution < -0.4 is 5.32 Å². The predicted molar refractivity (Wildman–Crippen MR) is 83.8 cm³/mol. The number of nitrogens with one attached hydrogen (secondary N) is 1. The molecule has 4 heteroatoms. The molecule has 2 atom stereocenters. The van der Waals surface area contributed by atoms with E-state index in [1.807, 2.05) is 11.8 Å². The summed E-state index contributed by atoms with van der Waals surface area (Å²) >= 11 is 4.09. The number of aliphatic imine (C=N–C) groups is 1. The van der Waals surface area contributed by atoms with Crippen molar-refractivity contribution in [2.24, 2.45) is 4.99 Å². The molecule has 102 valence electrons. The fraction of sp³-hybridized carbons (Fsp3) is 0.929. The first-order valence-corrected chi connectivity index (χ1v) is 9.45. The lowest BCUT2D eigenvalue weighted by molar-refractivity contribution is 0.452. The van der Waals surface area contributed by atoms with Gasteiger partial charge in [-0.3, -0.25) is 4.99 Å². The maximum atomic E-state index is 5.04. The summed E-state index contributed by atoms with van der Waals surface area (Å²) in [5.41, 5.74) is 0.426. The third-order valence-electron chi connectivity index (χ3n) is 4.50. The molecule has 0 aromatic rings. The molecule has 0 aromatic heterocycles. The van der Waals surface area contributed by atoms with E-state index in [0.29, 0.717) is 11.6 Å². The Kier molecular flexibility index (Phi) is 4.14. The average Bonchev–Trinajstić information content (AvgIpc) is 3.06. The lowest BCUT2D eigenvalue weighted by Gasteiger charge is -2.22. The second-order valence-electron chi connectivity index (χ2n) is 5.83. The van der Waals surface area contributed by atoms with Crippen LogP contribution in [0.3, 0.4) is 0 Å². The third kappa shape index (κ3) is 2.69. The molecule has 2 nitrogen and oxygen atoms in total. The summed E-state index contributed by atoms with van der Waals surface area (Å²) in [6.45, 7) is 2.27. The molecule has 2 unspecified atom stereocenters. The van der Waals surface area contributed by atoms with Gasteiger partial charge in [0.25, 0.3) is 0 Å². The highest BCUT2D eigenvalue weighted by molar-refractivity contribution is 8.14. The van der Waals surface area contributed by atoms with Crippen molar-refractivity contribution in [2.45, 2.75) is 68.7 Å². The standard InChI is InChI=1S/C14H24N2S2/c1-2-17-12-7-5-6-11(12)15-13-16-14(10-18-13)8-3-4-9-14/h11-12H,2-10H2,1H3,(H,15,16). The summed E-state index contributed by atoms with van der Waals surface area (Å²) in [5.74, 6) is 2.49. The predicted octanol–water partition coefficient (Wildman–Crippen LogP) is 3.67. The van der Waals surface area contributed by atoms with Gasteiger partial charge < -0.3 is 5.32 Å². The highest BCUT2D eigenvalue weighted by Gasteiger charge is 2.40. The Balaban J connectivity index is 1.62. The van der Waals surface area contributed by atoms with Crippen LogP contribution in [0.4, 0.5) is 0 Å². The molecule has 3 rings (SSSR count). The molecule has 1 spiro atoms. The van der Waals surface area contributed by atoms with Crippen molar-refractivity contribution >= 4 is 28.7 Å². The van der Waals surface area contributed by atoms with E-state index in [-0.39, 0.29) is 0 Å². The number of nitrogens with zero attached hydrogens (tertiary/aromatic N) is 1. The van der Waals surface area contributed by atoms with Crippen molar-refractivity contribution in [2.75, 3.05) is 11.5 Å². The molecule has 0 radical (unpaired) electrons. The highest BCUT2D eigenvalue weighted by Crippen LogP contribution is 2.39. The molecule has 2 aliphatic carbocycles. The molecule has 2 saturated carbocycles. The van der Waals surface area contributed by atoms with Gasteiger partial charge in [-0.25, -0.2) is 0 Å². The minimum Gasteiger partial charge on any atom is -0.359 e. The van der Waals surface area contributed by atoms with E-state index in [4.69, 9.17) is 4.99 Å². The fourth-order valence-corrected chi connectivity index (χ4v) is 5.96. The highest BCUT2D eigenvalue weighted by atomic mass is 32.2. The maximum absolute atomic E-state index is 5.04. The minimum absolute atomic E-state index is 0.426. The molecule has 1 aliphatic heterocycles. The second-order valence-corrected chi connectivity index (χ2v) is 8.31. The van der Waals surface area contributed by atoms with Crippen molar-refractivity contribution in [1.29, 1.82) is 0 Å². The van der Waals surface area contributed by atoms with Gasteiger partial charge in [-0.1, -0.05) is 37.9 Å². The van der Waals surface area contributed by atoms with Crippen LogP contribution in [0.5, 0.6) is 0 Å². The fourth-order valence-electron chi connectivity index (χ4n) is 3.51. The van der Waals surface area contributed by atoms with E-state index in [2.05, 4.69) is 24.0 Å². The Hall–Kier alpha value is 0.170. The SMILES string of the molecule is CCSC1CCCC1N=C1NC2(CCCC2)CS1. The van der Waals surface area contributed by atoms with Crippen LogP contribution in [0.15, 0.2) is 4.99 Å². The van der Waals surface area contributed by atoms with Gasteiger partial charge in [-0.05, 0) is 31.4 Å². The van der Waals surface area contributed by atoms with E-state index in [0.717, 1.165) is 5.25 Å². The third-order valence-corrected chi connectivity index (χ3v) is 6.99. The van der Waals surface area contributed by atoms with E-state index in [1.54, 1.807) is 0 Å². The topological polar surface area (TPSA) is 24.4 Å². The molecule has 0 aromatic carbocycles. The first kappa shape index (κ1) is 13.2. The van der Waals surface area contributed by atoms with Crippen LogP contribution in [-0.2, 0) is 0 Å². The lowest BCUT2D eigenvalue weighted by Crippen LogP contribution is -2.41. The number of rotatable bonds is 3. The van der Waals surface area contributed by atoms with Crippen molar-refractivity contribution < 1.29 is 0 Å². The Morgan fingerprint density at radius 3 is 2.94 bits per heavy atom. The Bertz CT molecular complexity index is 324. The lowest BCUT2D eigenvalue weighted by atomic mass is 10.0. The van der Waals surface area contributed by atoms with Gasteiger partial charge >= 0.3 is 0 Å². The molecule has 1 heterocycles. The quantitative estimate of drug-likeness (QED) is 0.856. The van der Waals surface area contributed by atoms with Gasteiger partial charge in [0.2, 0.25) is 0 Å². The zero-order valence-corrected chi connectivity index (χ0v) is 12.9. The molecule has 0 amide bonds.